The Bertz CT molecular complexity index is 2360. The molecule has 6 rings (SSSR count). The van der Waals surface area contributed by atoms with Gasteiger partial charge in [-0.2, -0.15) is 0 Å². The summed E-state index contributed by atoms with van der Waals surface area (Å²) in [5.41, 5.74) is 7.25. The molecule has 0 radical (unpaired) electrons. The average Bonchev–Trinajstić information content (AvgIpc) is 3.88. The summed E-state index contributed by atoms with van der Waals surface area (Å²) >= 11 is 0. The first-order valence-corrected chi connectivity index (χ1v) is 22.5. The van der Waals surface area contributed by atoms with Gasteiger partial charge in [-0.25, -0.2) is 9.97 Å². The first kappa shape index (κ1) is 49.9. The largest absolute Gasteiger partial charge is 0.497 e. The van der Waals surface area contributed by atoms with Crippen LogP contribution in [-0.2, 0) is 41.6 Å². The molecule has 0 aliphatic heterocycles. The van der Waals surface area contributed by atoms with Crippen molar-refractivity contribution in [3.05, 3.63) is 84.9 Å². The Labute approximate surface area is 383 Å². The second-order valence-corrected chi connectivity index (χ2v) is 15.8. The van der Waals surface area contributed by atoms with E-state index < -0.39 is 0 Å². The van der Waals surface area contributed by atoms with E-state index in [0.29, 0.717) is 39.3 Å². The third kappa shape index (κ3) is 15.0. The molecule has 2 heterocycles. The van der Waals surface area contributed by atoms with Crippen molar-refractivity contribution in [1.82, 2.24) is 19.1 Å². The summed E-state index contributed by atoms with van der Waals surface area (Å²) in [5, 5.41) is 0. The number of ether oxygens (including phenoxy) is 7. The van der Waals surface area contributed by atoms with Crippen molar-refractivity contribution in [2.75, 3.05) is 81.0 Å². The zero-order valence-electron chi connectivity index (χ0n) is 39.3. The molecule has 4 aromatic carbocycles. The molecule has 0 atom stereocenters. The number of benzene rings is 4. The average molecular weight is 894 g/mol. The van der Waals surface area contributed by atoms with E-state index in [1.54, 1.807) is 21.3 Å². The van der Waals surface area contributed by atoms with Crippen molar-refractivity contribution in [1.29, 1.82) is 0 Å². The number of hydrogen-bond donors (Lipinski definition) is 0. The van der Waals surface area contributed by atoms with Gasteiger partial charge < -0.3 is 47.2 Å². The fraction of sp³-hybridized carbons (Fsp3) is 0.451. The highest BCUT2D eigenvalue weighted by atomic mass is 16.5. The van der Waals surface area contributed by atoms with Gasteiger partial charge in [0.15, 0.2) is 0 Å². The van der Waals surface area contributed by atoms with E-state index in [1.807, 2.05) is 62.6 Å². The van der Waals surface area contributed by atoms with Crippen LogP contribution in [0.3, 0.4) is 0 Å². The third-order valence-corrected chi connectivity index (χ3v) is 10.9. The molecule has 0 aliphatic rings. The number of unbranched alkanes of at least 4 members (excludes halogenated alkanes) is 4. The molecule has 6 aromatic rings. The fourth-order valence-corrected chi connectivity index (χ4v) is 7.34. The maximum absolute atomic E-state index is 11.2. The highest BCUT2D eigenvalue weighted by molar-refractivity contribution is 5.83. The molecular formula is C51H67N5O9. The minimum absolute atomic E-state index is 0.157. The number of aryl methyl sites for hydroxylation is 2. The lowest BCUT2D eigenvalue weighted by Gasteiger charge is -2.14. The van der Waals surface area contributed by atoms with Crippen molar-refractivity contribution in [3.63, 3.8) is 0 Å². The number of esters is 2. The van der Waals surface area contributed by atoms with E-state index in [0.717, 1.165) is 132 Å². The highest BCUT2D eigenvalue weighted by Gasteiger charge is 2.16. The summed E-state index contributed by atoms with van der Waals surface area (Å²) in [6.07, 6.45) is 7.97. The van der Waals surface area contributed by atoms with Gasteiger partial charge in [0.2, 0.25) is 0 Å². The molecule has 14 heteroatoms. The molecule has 14 nitrogen and oxygen atoms in total. The quantitative estimate of drug-likeness (QED) is 0.0379. The third-order valence-electron chi connectivity index (χ3n) is 10.9. The van der Waals surface area contributed by atoms with Crippen molar-refractivity contribution >= 4 is 39.7 Å². The van der Waals surface area contributed by atoms with Gasteiger partial charge in [-0.15, -0.1) is 0 Å². The molecule has 0 amide bonds. The molecule has 0 bridgehead atoms. The number of nitrogens with zero attached hydrogens (tertiary/aromatic N) is 5. The van der Waals surface area contributed by atoms with Crippen LogP contribution in [0.4, 0.5) is 5.69 Å². The Morgan fingerprint density at radius 2 is 0.938 bits per heavy atom. The fourth-order valence-electron chi connectivity index (χ4n) is 7.34. The van der Waals surface area contributed by atoms with Gasteiger partial charge in [-0.3, -0.25) is 9.59 Å². The van der Waals surface area contributed by atoms with Crippen molar-refractivity contribution in [3.8, 4) is 40.0 Å². The number of anilines is 1. The maximum Gasteiger partial charge on any atom is 0.305 e. The number of imidazole rings is 2. The zero-order valence-corrected chi connectivity index (χ0v) is 39.3. The SMILES string of the molecule is COCCCn1c(-c2ccc(N(C)C)cc2)nc2ccc(OCCCCCC(=O)OC)cc21.COCCCn1c(-c2ccc(OC)cc2)nc2ccc(OCCCCCC(=O)OC)cc21. The van der Waals surface area contributed by atoms with Gasteiger partial charge in [0.05, 0.1) is 56.6 Å². The highest BCUT2D eigenvalue weighted by Crippen LogP contribution is 2.31. The van der Waals surface area contributed by atoms with Crippen molar-refractivity contribution < 1.29 is 42.7 Å². The normalized spacial score (nSPS) is 11.0. The maximum atomic E-state index is 11.2. The van der Waals surface area contributed by atoms with E-state index in [4.69, 9.17) is 33.7 Å². The van der Waals surface area contributed by atoms with Crippen LogP contribution >= 0.6 is 0 Å². The number of rotatable bonds is 26. The van der Waals surface area contributed by atoms with Gasteiger partial charge in [-0.05, 0) is 124 Å². The van der Waals surface area contributed by atoms with Crippen LogP contribution in [-0.4, -0.2) is 107 Å². The number of methoxy groups -OCH3 is 5. The summed E-state index contributed by atoms with van der Waals surface area (Å²) in [5.74, 6) is 4.02. The molecule has 65 heavy (non-hydrogen) atoms. The second-order valence-electron chi connectivity index (χ2n) is 15.8. The Morgan fingerprint density at radius 3 is 1.34 bits per heavy atom. The molecular weight excluding hydrogens is 827 g/mol. The minimum Gasteiger partial charge on any atom is -0.497 e. The van der Waals surface area contributed by atoms with Crippen LogP contribution in [0.2, 0.25) is 0 Å². The Morgan fingerprint density at radius 1 is 0.508 bits per heavy atom. The van der Waals surface area contributed by atoms with Gasteiger partial charge in [0, 0.05) is 96.4 Å². The monoisotopic (exact) mass is 893 g/mol. The molecule has 2 aromatic heterocycles. The van der Waals surface area contributed by atoms with Crippen LogP contribution in [0, 0.1) is 0 Å². The lowest BCUT2D eigenvalue weighted by molar-refractivity contribution is -0.141. The number of carbonyl (C=O) groups excluding carboxylic acids is 2. The number of aromatic nitrogens is 4. The van der Waals surface area contributed by atoms with Crippen LogP contribution in [0.5, 0.6) is 17.2 Å². The number of carbonyl (C=O) groups is 2. The molecule has 0 aliphatic carbocycles. The molecule has 0 saturated carbocycles. The predicted molar refractivity (Wildman–Crippen MR) is 256 cm³/mol. The lowest BCUT2D eigenvalue weighted by Crippen LogP contribution is -2.08. The van der Waals surface area contributed by atoms with E-state index in [2.05, 4.69) is 59.9 Å². The van der Waals surface area contributed by atoms with Crippen LogP contribution in [0.15, 0.2) is 84.9 Å². The Kier molecular flexibility index (Phi) is 20.4. The first-order chi connectivity index (χ1) is 31.7. The van der Waals surface area contributed by atoms with Crippen LogP contribution < -0.4 is 19.1 Å². The Balaban J connectivity index is 0.000000244. The van der Waals surface area contributed by atoms with Crippen molar-refractivity contribution in [2.24, 2.45) is 0 Å². The van der Waals surface area contributed by atoms with Gasteiger partial charge in [0.25, 0.3) is 0 Å². The standard InChI is InChI=1S/C26H35N3O4.C25H32N2O5/c1-28(2)21-12-10-20(11-13-21)26-27-23-15-14-22(19-24(23)29(26)16-8-17-31-3)33-18-7-5-6-9-25(30)32-4;1-29-16-7-15-27-23-18-21(32-17-6-4-5-8-24(28)31-3)13-14-22(23)26-25(27)19-9-11-20(30-2)12-10-19/h10-15,19H,5-9,16-18H2,1-4H3;9-14,18H,4-8,15-17H2,1-3H3. The van der Waals surface area contributed by atoms with Gasteiger partial charge in [-0.1, -0.05) is 0 Å². The molecule has 0 spiro atoms. The minimum atomic E-state index is -0.161. The summed E-state index contributed by atoms with van der Waals surface area (Å²) < 4.78 is 41.6. The van der Waals surface area contributed by atoms with Gasteiger partial charge >= 0.3 is 11.9 Å². The first-order valence-electron chi connectivity index (χ1n) is 22.5. The summed E-state index contributed by atoms with van der Waals surface area (Å²) in [6.45, 7) is 4.21. The molecule has 0 N–H and O–H groups in total. The zero-order chi connectivity index (χ0) is 46.4. The molecule has 350 valence electrons. The van der Waals surface area contributed by atoms with Crippen LogP contribution in [0.25, 0.3) is 44.8 Å². The van der Waals surface area contributed by atoms with Gasteiger partial charge in [0.1, 0.15) is 28.9 Å². The summed E-state index contributed by atoms with van der Waals surface area (Å²) in [6, 6.07) is 28.5. The smallest absolute Gasteiger partial charge is 0.305 e. The molecule has 0 saturated heterocycles. The lowest BCUT2D eigenvalue weighted by atomic mass is 10.2. The van der Waals surface area contributed by atoms with E-state index >= 15 is 0 Å². The van der Waals surface area contributed by atoms with Crippen LogP contribution in [0.1, 0.15) is 64.2 Å². The Hall–Kier alpha value is -6.12. The topological polar surface area (TPSA) is 138 Å². The summed E-state index contributed by atoms with van der Waals surface area (Å²) in [4.78, 5) is 34.3. The van der Waals surface area contributed by atoms with E-state index in [9.17, 15) is 9.59 Å². The molecule has 0 fully saturated rings. The summed E-state index contributed by atoms with van der Waals surface area (Å²) in [7, 11) is 12.0. The van der Waals surface area contributed by atoms with Crippen molar-refractivity contribution in [2.45, 2.75) is 77.3 Å². The number of hydrogen-bond acceptors (Lipinski definition) is 12. The predicted octanol–water partition coefficient (Wildman–Crippen LogP) is 9.78. The number of fused-ring (bicyclic) bond motifs is 2. The van der Waals surface area contributed by atoms with E-state index in [1.165, 1.54) is 14.2 Å². The van der Waals surface area contributed by atoms with E-state index in [-0.39, 0.29) is 11.9 Å². The second kappa shape index (κ2) is 26.6. The molecule has 0 unspecified atom stereocenters.